The molecule has 1 aromatic carbocycles. The SMILES string of the molecule is Cl.Clc1ccc2c(c1)CNCc1nnc(C3CC4(C3)CN(c3ccccn3)C4)n1-2. The van der Waals surface area contributed by atoms with Gasteiger partial charge in [0.2, 0.25) is 0 Å². The quantitative estimate of drug-likeness (QED) is 0.673. The number of hydrogen-bond donors (Lipinski definition) is 1. The Bertz CT molecular complexity index is 1040. The first-order valence-electron chi connectivity index (χ1n) is 9.81. The maximum atomic E-state index is 6.22. The molecule has 3 aromatic rings. The molecule has 1 aliphatic carbocycles. The fourth-order valence-electron chi connectivity index (χ4n) is 5.09. The van der Waals surface area contributed by atoms with Gasteiger partial charge in [-0.1, -0.05) is 17.7 Å². The van der Waals surface area contributed by atoms with Gasteiger partial charge in [-0.25, -0.2) is 4.98 Å². The highest BCUT2D eigenvalue weighted by Crippen LogP contribution is 2.56. The van der Waals surface area contributed by atoms with Crippen molar-refractivity contribution in [3.8, 4) is 5.69 Å². The Balaban J connectivity index is 0.00000181. The summed E-state index contributed by atoms with van der Waals surface area (Å²) in [5.74, 6) is 3.64. The highest BCUT2D eigenvalue weighted by molar-refractivity contribution is 6.30. The maximum absolute atomic E-state index is 6.22. The molecular weight excluding hydrogens is 407 g/mol. The van der Waals surface area contributed by atoms with Gasteiger partial charge in [-0.2, -0.15) is 0 Å². The monoisotopic (exact) mass is 428 g/mol. The van der Waals surface area contributed by atoms with E-state index in [1.165, 1.54) is 18.4 Å². The largest absolute Gasteiger partial charge is 0.355 e. The Morgan fingerprint density at radius 3 is 2.72 bits per heavy atom. The van der Waals surface area contributed by atoms with Gasteiger partial charge >= 0.3 is 0 Å². The third-order valence-electron chi connectivity index (χ3n) is 6.39. The Labute approximate surface area is 180 Å². The van der Waals surface area contributed by atoms with Crippen LogP contribution in [0.1, 0.15) is 36.0 Å². The third kappa shape index (κ3) is 3.01. The van der Waals surface area contributed by atoms with Gasteiger partial charge in [0, 0.05) is 42.2 Å². The molecular formula is C21H22Cl2N6. The number of anilines is 1. The summed E-state index contributed by atoms with van der Waals surface area (Å²) in [6.07, 6.45) is 4.21. The fraction of sp³-hybridized carbons (Fsp3) is 0.381. The van der Waals surface area contributed by atoms with Crippen LogP contribution in [-0.2, 0) is 13.1 Å². The van der Waals surface area contributed by atoms with Gasteiger partial charge in [0.15, 0.2) is 5.82 Å². The molecule has 1 saturated carbocycles. The molecule has 1 spiro atoms. The van der Waals surface area contributed by atoms with Gasteiger partial charge in [0.1, 0.15) is 11.6 Å². The zero-order chi connectivity index (χ0) is 18.7. The van der Waals surface area contributed by atoms with E-state index in [1.807, 2.05) is 24.4 Å². The summed E-state index contributed by atoms with van der Waals surface area (Å²) >= 11 is 6.22. The summed E-state index contributed by atoms with van der Waals surface area (Å²) in [6, 6.07) is 12.2. The summed E-state index contributed by atoms with van der Waals surface area (Å²) in [6.45, 7) is 3.71. The molecule has 4 heterocycles. The molecule has 6 nitrogen and oxygen atoms in total. The highest BCUT2D eigenvalue weighted by Gasteiger charge is 2.54. The van der Waals surface area contributed by atoms with Crippen LogP contribution in [0.4, 0.5) is 5.82 Å². The number of halogens is 2. The predicted octanol–water partition coefficient (Wildman–Crippen LogP) is 3.72. The van der Waals surface area contributed by atoms with Gasteiger partial charge < -0.3 is 10.2 Å². The second-order valence-electron chi connectivity index (χ2n) is 8.34. The lowest BCUT2D eigenvalue weighted by Gasteiger charge is -2.59. The second kappa shape index (κ2) is 6.97. The molecule has 8 heteroatoms. The third-order valence-corrected chi connectivity index (χ3v) is 6.62. The van der Waals surface area contributed by atoms with Crippen LogP contribution < -0.4 is 10.2 Å². The number of pyridine rings is 1. The van der Waals surface area contributed by atoms with E-state index >= 15 is 0 Å². The summed E-state index contributed by atoms with van der Waals surface area (Å²) in [5.41, 5.74) is 2.78. The van der Waals surface area contributed by atoms with Gasteiger partial charge in [0.05, 0.1) is 12.2 Å². The van der Waals surface area contributed by atoms with Crippen molar-refractivity contribution < 1.29 is 0 Å². The lowest BCUT2D eigenvalue weighted by molar-refractivity contribution is 0.0582. The molecule has 2 fully saturated rings. The molecule has 2 aromatic heterocycles. The highest BCUT2D eigenvalue weighted by atomic mass is 35.5. The van der Waals surface area contributed by atoms with Crippen molar-refractivity contribution in [3.63, 3.8) is 0 Å². The molecule has 0 atom stereocenters. The van der Waals surface area contributed by atoms with Crippen LogP contribution in [0.5, 0.6) is 0 Å². The fourth-order valence-corrected chi connectivity index (χ4v) is 5.28. The molecule has 0 radical (unpaired) electrons. The normalized spacial score (nSPS) is 19.4. The molecule has 29 heavy (non-hydrogen) atoms. The minimum atomic E-state index is 0. The Morgan fingerprint density at radius 2 is 1.93 bits per heavy atom. The van der Waals surface area contributed by atoms with Crippen molar-refractivity contribution in [2.75, 3.05) is 18.0 Å². The van der Waals surface area contributed by atoms with E-state index in [4.69, 9.17) is 11.6 Å². The van der Waals surface area contributed by atoms with Gasteiger partial charge in [-0.15, -0.1) is 22.6 Å². The van der Waals surface area contributed by atoms with Gasteiger partial charge in [-0.3, -0.25) is 4.57 Å². The van der Waals surface area contributed by atoms with Crippen LogP contribution in [0.3, 0.4) is 0 Å². The average Bonchev–Trinajstić information content (AvgIpc) is 2.95. The number of nitrogens with zero attached hydrogens (tertiary/aromatic N) is 5. The summed E-state index contributed by atoms with van der Waals surface area (Å²) in [5, 5.41) is 13.3. The number of benzene rings is 1. The van der Waals surface area contributed by atoms with Gasteiger partial charge in [-0.05, 0) is 48.7 Å². The van der Waals surface area contributed by atoms with E-state index in [0.717, 1.165) is 54.4 Å². The van der Waals surface area contributed by atoms with Crippen molar-refractivity contribution in [1.82, 2.24) is 25.1 Å². The zero-order valence-corrected chi connectivity index (χ0v) is 17.5. The summed E-state index contributed by atoms with van der Waals surface area (Å²) < 4.78 is 2.26. The standard InChI is InChI=1S/C21H21ClN6.ClH/c22-16-4-5-17-14(7-16)10-23-11-19-25-26-20(28(17)19)15-8-21(9-15)12-27(13-21)18-3-1-2-6-24-18;/h1-7,15,23H,8-13H2;1H. The van der Waals surface area contributed by atoms with E-state index < -0.39 is 0 Å². The number of rotatable bonds is 2. The van der Waals surface area contributed by atoms with Crippen molar-refractivity contribution in [3.05, 3.63) is 64.8 Å². The molecule has 0 amide bonds. The molecule has 3 aliphatic rings. The molecule has 6 rings (SSSR count). The first-order chi connectivity index (χ1) is 13.7. The molecule has 1 N–H and O–H groups in total. The van der Waals surface area contributed by atoms with Crippen LogP contribution >= 0.6 is 24.0 Å². The molecule has 150 valence electrons. The van der Waals surface area contributed by atoms with E-state index in [9.17, 15) is 0 Å². The van der Waals surface area contributed by atoms with Crippen molar-refractivity contribution >= 4 is 29.8 Å². The van der Waals surface area contributed by atoms with Crippen molar-refractivity contribution in [1.29, 1.82) is 0 Å². The van der Waals surface area contributed by atoms with E-state index in [2.05, 4.69) is 48.2 Å². The van der Waals surface area contributed by atoms with E-state index in [1.54, 1.807) is 0 Å². The predicted molar refractivity (Wildman–Crippen MR) is 115 cm³/mol. The van der Waals surface area contributed by atoms with Crippen molar-refractivity contribution in [2.45, 2.75) is 31.8 Å². The topological polar surface area (TPSA) is 58.9 Å². The van der Waals surface area contributed by atoms with Crippen molar-refractivity contribution in [2.24, 2.45) is 5.41 Å². The molecule has 2 aliphatic heterocycles. The first-order valence-corrected chi connectivity index (χ1v) is 10.2. The number of hydrogen-bond acceptors (Lipinski definition) is 5. The molecule has 0 unspecified atom stereocenters. The van der Waals surface area contributed by atoms with Crippen LogP contribution in [0.25, 0.3) is 5.69 Å². The summed E-state index contributed by atoms with van der Waals surface area (Å²) in [4.78, 5) is 6.85. The van der Waals surface area contributed by atoms with Crippen LogP contribution in [0.15, 0.2) is 42.6 Å². The Morgan fingerprint density at radius 1 is 1.07 bits per heavy atom. The van der Waals surface area contributed by atoms with E-state index in [-0.39, 0.29) is 12.4 Å². The minimum absolute atomic E-state index is 0. The minimum Gasteiger partial charge on any atom is -0.355 e. The summed E-state index contributed by atoms with van der Waals surface area (Å²) in [7, 11) is 0. The number of nitrogens with one attached hydrogen (secondary N) is 1. The van der Waals surface area contributed by atoms with Gasteiger partial charge in [0.25, 0.3) is 0 Å². The first kappa shape index (κ1) is 18.9. The molecule has 0 bridgehead atoms. The van der Waals surface area contributed by atoms with Crippen LogP contribution in [-0.4, -0.2) is 32.8 Å². The lowest BCUT2D eigenvalue weighted by Crippen LogP contribution is -2.62. The number of aromatic nitrogens is 4. The maximum Gasteiger partial charge on any atom is 0.151 e. The Kier molecular flexibility index (Phi) is 4.53. The zero-order valence-electron chi connectivity index (χ0n) is 15.9. The Hall–Kier alpha value is -2.15. The van der Waals surface area contributed by atoms with E-state index in [0.29, 0.717) is 11.3 Å². The average molecular weight is 429 g/mol. The van der Waals surface area contributed by atoms with Crippen LogP contribution in [0.2, 0.25) is 5.02 Å². The van der Waals surface area contributed by atoms with Crippen LogP contribution in [0, 0.1) is 5.41 Å². The molecule has 1 saturated heterocycles. The number of fused-ring (bicyclic) bond motifs is 3. The smallest absolute Gasteiger partial charge is 0.151 e. The lowest BCUT2D eigenvalue weighted by atomic mass is 9.57. The second-order valence-corrected chi connectivity index (χ2v) is 8.77.